The van der Waals surface area contributed by atoms with Crippen LogP contribution >= 0.6 is 7.92 Å². The molecule has 0 aromatic heterocycles. The van der Waals surface area contributed by atoms with E-state index in [0.717, 1.165) is 0 Å². The van der Waals surface area contributed by atoms with Crippen molar-refractivity contribution in [2.24, 2.45) is 0 Å². The predicted octanol–water partition coefficient (Wildman–Crippen LogP) is -0.653. The molecule has 0 aromatic carbocycles. The van der Waals surface area contributed by atoms with E-state index in [1.807, 2.05) is 14.1 Å². The van der Waals surface area contributed by atoms with Gasteiger partial charge >= 0.3 is 92.8 Å². The SMILES string of the molecule is C[N+](C)(C#P=O)CCO.[CaH2]. The molecule has 0 aromatic rings. The molecule has 0 radical (unpaired) electrons. The van der Waals surface area contributed by atoms with E-state index in [1.54, 1.807) is 0 Å². The summed E-state index contributed by atoms with van der Waals surface area (Å²) >= 11 is 0. The second-order valence-electron chi connectivity index (χ2n) is 2.32. The monoisotopic (exact) mass is 190 g/mol. The van der Waals surface area contributed by atoms with Crippen molar-refractivity contribution in [1.29, 1.82) is 0 Å². The topological polar surface area (TPSA) is 37.3 Å². The molecule has 10 heavy (non-hydrogen) atoms. The molecule has 0 heterocycles. The average Bonchev–Trinajstić information content (AvgIpc) is 1.64. The van der Waals surface area contributed by atoms with Crippen LogP contribution in [0, 0.1) is 5.75 Å². The number of aliphatic hydroxyl groups excluding tert-OH is 1. The zero-order valence-electron chi connectivity index (χ0n) is 5.66. The van der Waals surface area contributed by atoms with Crippen molar-refractivity contribution < 1.29 is 14.2 Å². The quantitative estimate of drug-likeness (QED) is 0.357. The van der Waals surface area contributed by atoms with Gasteiger partial charge in [0.05, 0.1) is 0 Å². The van der Waals surface area contributed by atoms with Gasteiger partial charge in [-0.15, -0.1) is 0 Å². The number of nitrogens with zero attached hydrogens (tertiary/aromatic N) is 1. The van der Waals surface area contributed by atoms with Gasteiger partial charge in [-0.25, -0.2) is 0 Å². The molecular formula is C5H13CaNO2P+. The first kappa shape index (κ1) is 13.8. The van der Waals surface area contributed by atoms with Crippen molar-refractivity contribution in [3.05, 3.63) is 0 Å². The molecule has 5 heteroatoms. The Bertz CT molecular complexity index is 175. The Morgan fingerprint density at radius 1 is 1.60 bits per heavy atom. The van der Waals surface area contributed by atoms with Crippen LogP contribution in [-0.4, -0.2) is 74.6 Å². The van der Waals surface area contributed by atoms with E-state index < -0.39 is 0 Å². The Labute approximate surface area is 92.1 Å². The summed E-state index contributed by atoms with van der Waals surface area (Å²) < 4.78 is 10.3. The molecule has 0 unspecified atom stereocenters. The van der Waals surface area contributed by atoms with Gasteiger partial charge in [-0.1, -0.05) is 0 Å². The van der Waals surface area contributed by atoms with Gasteiger partial charge in [0.1, 0.15) is 0 Å². The molecule has 0 fully saturated rings. The van der Waals surface area contributed by atoms with E-state index in [-0.39, 0.29) is 52.3 Å². The first-order valence-electron chi connectivity index (χ1n) is 2.66. The molecule has 0 saturated carbocycles. The zero-order chi connectivity index (χ0) is 7.33. The molecule has 0 spiro atoms. The van der Waals surface area contributed by atoms with Crippen molar-refractivity contribution >= 4 is 45.7 Å². The molecule has 0 aliphatic heterocycles. The van der Waals surface area contributed by atoms with E-state index in [2.05, 4.69) is 5.75 Å². The first-order valence-corrected chi connectivity index (χ1v) is 3.47. The normalized spacial score (nSPS) is 9.50. The molecular weight excluding hydrogens is 177 g/mol. The summed E-state index contributed by atoms with van der Waals surface area (Å²) in [6.07, 6.45) is 0. The van der Waals surface area contributed by atoms with E-state index in [4.69, 9.17) is 5.11 Å². The molecule has 1 N–H and O–H groups in total. The summed E-state index contributed by atoms with van der Waals surface area (Å²) in [7, 11) is 3.54. The van der Waals surface area contributed by atoms with Gasteiger partial charge < -0.3 is 0 Å². The minimum atomic E-state index is -0.105. The van der Waals surface area contributed by atoms with Gasteiger partial charge in [-0.3, -0.25) is 0 Å². The van der Waals surface area contributed by atoms with Crippen LogP contribution in [0.3, 0.4) is 0 Å². The fourth-order valence-electron chi connectivity index (χ4n) is 0.411. The van der Waals surface area contributed by atoms with Crippen molar-refractivity contribution in [3.8, 4) is 5.75 Å². The minimum absolute atomic E-state index is 0. The third-order valence-electron chi connectivity index (χ3n) is 0.971. The van der Waals surface area contributed by atoms with E-state index in [1.165, 1.54) is 0 Å². The fourth-order valence-corrected chi connectivity index (χ4v) is 0.732. The third kappa shape index (κ3) is 7.30. The van der Waals surface area contributed by atoms with Crippen molar-refractivity contribution in [2.45, 2.75) is 0 Å². The van der Waals surface area contributed by atoms with Crippen LogP contribution in [0.5, 0.6) is 0 Å². The number of aliphatic hydroxyl groups is 1. The summed E-state index contributed by atoms with van der Waals surface area (Å²) in [5, 5.41) is 8.47. The van der Waals surface area contributed by atoms with Gasteiger partial charge in [0, 0.05) is 0 Å². The number of quaternary nitrogens is 1. The fraction of sp³-hybridized carbons (Fsp3) is 0.800. The van der Waals surface area contributed by atoms with Gasteiger partial charge in [0.25, 0.3) is 0 Å². The summed E-state index contributed by atoms with van der Waals surface area (Å²) in [6, 6.07) is 0. The van der Waals surface area contributed by atoms with Gasteiger partial charge in [0.15, 0.2) is 0 Å². The second kappa shape index (κ2) is 6.87. The van der Waals surface area contributed by atoms with Gasteiger partial charge in [0.2, 0.25) is 0 Å². The molecule has 0 aliphatic rings. The van der Waals surface area contributed by atoms with Crippen molar-refractivity contribution in [2.75, 3.05) is 27.2 Å². The Kier molecular flexibility index (Phi) is 9.46. The summed E-state index contributed by atoms with van der Waals surface area (Å²) in [6.45, 7) is 0.644. The zero-order valence-corrected chi connectivity index (χ0v) is 6.56. The van der Waals surface area contributed by atoms with Crippen LogP contribution in [0.25, 0.3) is 0 Å². The maximum absolute atomic E-state index is 9.98. The number of likely N-dealkylation sites (N-methyl/N-ethyl adjacent to an activating group) is 1. The Morgan fingerprint density at radius 3 is 2.40 bits per heavy atom. The Balaban J connectivity index is 0. The molecule has 0 amide bonds. The number of hydrogen-bond donors (Lipinski definition) is 1. The second-order valence-corrected chi connectivity index (χ2v) is 2.71. The number of hydrogen-bond acceptors (Lipinski definition) is 2. The van der Waals surface area contributed by atoms with Gasteiger partial charge in [-0.2, -0.15) is 0 Å². The van der Waals surface area contributed by atoms with Crippen LogP contribution in [0.1, 0.15) is 0 Å². The average molecular weight is 190 g/mol. The molecule has 0 saturated heterocycles. The summed E-state index contributed by atoms with van der Waals surface area (Å²) in [5.74, 6) is 2.62. The van der Waals surface area contributed by atoms with Crippen LogP contribution in [0.4, 0.5) is 0 Å². The Hall–Kier alpha value is 1.19. The standard InChI is InChI=1S/C5H11NO2P.Ca.2H/c1-6(2,3-4-7)5-9-8;;;/h7H,3-4H2,1-2H3;;;/q+1;;;. The molecule has 0 atom stereocenters. The first-order chi connectivity index (χ1) is 4.12. The molecule has 56 valence electrons. The molecule has 3 nitrogen and oxygen atoms in total. The summed E-state index contributed by atoms with van der Waals surface area (Å²) in [5.41, 5.74) is 0. The van der Waals surface area contributed by atoms with Gasteiger partial charge in [-0.05, 0) is 0 Å². The van der Waals surface area contributed by atoms with Crippen molar-refractivity contribution in [3.63, 3.8) is 0 Å². The van der Waals surface area contributed by atoms with Crippen LogP contribution in [-0.2, 0) is 4.57 Å². The van der Waals surface area contributed by atoms with E-state index in [9.17, 15) is 4.57 Å². The predicted molar refractivity (Wildman–Crippen MR) is 44.1 cm³/mol. The third-order valence-corrected chi connectivity index (χ3v) is 1.59. The van der Waals surface area contributed by atoms with Crippen LogP contribution in [0.2, 0.25) is 0 Å². The van der Waals surface area contributed by atoms with E-state index in [0.29, 0.717) is 11.0 Å². The summed E-state index contributed by atoms with van der Waals surface area (Å²) in [4.78, 5) is 0. The van der Waals surface area contributed by atoms with Crippen LogP contribution in [0.15, 0.2) is 0 Å². The van der Waals surface area contributed by atoms with E-state index >= 15 is 0 Å². The molecule has 0 aliphatic carbocycles. The Morgan fingerprint density at radius 2 is 2.10 bits per heavy atom. The van der Waals surface area contributed by atoms with Crippen molar-refractivity contribution in [1.82, 2.24) is 0 Å². The van der Waals surface area contributed by atoms with Crippen LogP contribution < -0.4 is 0 Å². The molecule has 0 bridgehead atoms. The molecule has 0 rings (SSSR count). The maximum atomic E-state index is 9.98. The number of rotatable bonds is 2.